The minimum Gasteiger partial charge on any atom is -0.198 e. The van der Waals surface area contributed by atoms with Gasteiger partial charge >= 0.3 is 0 Å². The summed E-state index contributed by atoms with van der Waals surface area (Å²) in [6, 6.07) is 16.1. The molecular weight excluding hydrogens is 290 g/mol. The number of hydrogen-bond acceptors (Lipinski definition) is 0. The molecular formula is C23H28N+. The highest BCUT2D eigenvalue weighted by molar-refractivity contribution is 5.94. The van der Waals surface area contributed by atoms with Crippen molar-refractivity contribution in [1.29, 1.82) is 0 Å². The summed E-state index contributed by atoms with van der Waals surface area (Å²) in [4.78, 5) is 0. The molecule has 1 heterocycles. The Kier molecular flexibility index (Phi) is 4.45. The zero-order valence-electron chi connectivity index (χ0n) is 15.8. The Labute approximate surface area is 146 Å². The number of nitrogens with zero attached hydrogens (tertiary/aromatic N) is 1. The van der Waals surface area contributed by atoms with E-state index in [1.807, 2.05) is 0 Å². The SMILES string of the molecule is CCc1ccc(C)c(-c2c3ccc(C(C)C)cc3cc(C)[n+]2C)c1. The average Bonchev–Trinajstić information content (AvgIpc) is 2.56. The van der Waals surface area contributed by atoms with Gasteiger partial charge in [-0.25, -0.2) is 0 Å². The summed E-state index contributed by atoms with van der Waals surface area (Å²) in [7, 11) is 2.18. The largest absolute Gasteiger partial charge is 0.220 e. The Morgan fingerprint density at radius 3 is 2.38 bits per heavy atom. The molecule has 2 aromatic carbocycles. The third-order valence-electron chi connectivity index (χ3n) is 5.19. The van der Waals surface area contributed by atoms with Gasteiger partial charge in [0.15, 0.2) is 5.69 Å². The van der Waals surface area contributed by atoms with Gasteiger partial charge in [-0.05, 0) is 53.5 Å². The van der Waals surface area contributed by atoms with Crippen molar-refractivity contribution in [1.82, 2.24) is 0 Å². The van der Waals surface area contributed by atoms with Gasteiger partial charge in [0.2, 0.25) is 5.69 Å². The molecule has 0 unspecified atom stereocenters. The number of rotatable bonds is 3. The summed E-state index contributed by atoms with van der Waals surface area (Å²) >= 11 is 0. The normalized spacial score (nSPS) is 11.5. The molecule has 0 aliphatic rings. The van der Waals surface area contributed by atoms with Gasteiger partial charge in [0.25, 0.3) is 0 Å². The third-order valence-corrected chi connectivity index (χ3v) is 5.19. The van der Waals surface area contributed by atoms with Crippen molar-refractivity contribution < 1.29 is 4.57 Å². The van der Waals surface area contributed by atoms with E-state index in [1.165, 1.54) is 44.4 Å². The van der Waals surface area contributed by atoms with Crippen LogP contribution < -0.4 is 4.57 Å². The van der Waals surface area contributed by atoms with E-state index in [2.05, 4.69) is 88.7 Å². The molecule has 1 heteroatoms. The minimum absolute atomic E-state index is 0.553. The number of aromatic nitrogens is 1. The molecule has 0 bridgehead atoms. The number of benzene rings is 2. The van der Waals surface area contributed by atoms with E-state index in [4.69, 9.17) is 0 Å². The van der Waals surface area contributed by atoms with E-state index in [1.54, 1.807) is 0 Å². The van der Waals surface area contributed by atoms with Gasteiger partial charge in [0.1, 0.15) is 7.05 Å². The quantitative estimate of drug-likeness (QED) is 0.551. The fourth-order valence-corrected chi connectivity index (χ4v) is 3.42. The van der Waals surface area contributed by atoms with Crippen molar-refractivity contribution in [2.75, 3.05) is 0 Å². The summed E-state index contributed by atoms with van der Waals surface area (Å²) in [5.41, 5.74) is 8.10. The minimum atomic E-state index is 0.553. The van der Waals surface area contributed by atoms with Crippen molar-refractivity contribution in [2.24, 2.45) is 7.05 Å². The van der Waals surface area contributed by atoms with Crippen LogP contribution in [0, 0.1) is 13.8 Å². The zero-order chi connectivity index (χ0) is 17.4. The van der Waals surface area contributed by atoms with Crippen LogP contribution in [0.3, 0.4) is 0 Å². The van der Waals surface area contributed by atoms with Crippen LogP contribution in [0.5, 0.6) is 0 Å². The molecule has 0 N–H and O–H groups in total. The highest BCUT2D eigenvalue weighted by atomic mass is 14.9. The Hall–Kier alpha value is -2.15. The Balaban J connectivity index is 2.37. The first-order chi connectivity index (χ1) is 11.4. The van der Waals surface area contributed by atoms with Crippen LogP contribution in [0.15, 0.2) is 42.5 Å². The average molecular weight is 318 g/mol. The fraction of sp³-hybridized carbons (Fsp3) is 0.348. The van der Waals surface area contributed by atoms with Crippen molar-refractivity contribution >= 4 is 10.8 Å². The summed E-state index contributed by atoms with van der Waals surface area (Å²) in [5.74, 6) is 0.553. The summed E-state index contributed by atoms with van der Waals surface area (Å²) in [6.45, 7) is 11.1. The van der Waals surface area contributed by atoms with Crippen molar-refractivity contribution in [3.05, 3.63) is 64.8 Å². The second-order valence-corrected chi connectivity index (χ2v) is 7.20. The molecule has 3 aromatic rings. The molecule has 1 aromatic heterocycles. The monoisotopic (exact) mass is 318 g/mol. The van der Waals surface area contributed by atoms with Crippen LogP contribution in [0.4, 0.5) is 0 Å². The van der Waals surface area contributed by atoms with Crippen molar-refractivity contribution in [3.63, 3.8) is 0 Å². The highest BCUT2D eigenvalue weighted by Crippen LogP contribution is 2.31. The second kappa shape index (κ2) is 6.39. The summed E-state index contributed by atoms with van der Waals surface area (Å²) < 4.78 is 2.33. The molecule has 3 rings (SSSR count). The van der Waals surface area contributed by atoms with E-state index in [9.17, 15) is 0 Å². The lowest BCUT2D eigenvalue weighted by Gasteiger charge is -2.13. The van der Waals surface area contributed by atoms with Crippen LogP contribution >= 0.6 is 0 Å². The number of hydrogen-bond donors (Lipinski definition) is 0. The molecule has 0 saturated carbocycles. The van der Waals surface area contributed by atoms with Crippen LogP contribution in [0.25, 0.3) is 22.0 Å². The summed E-state index contributed by atoms with van der Waals surface area (Å²) in [6.07, 6.45) is 1.07. The van der Waals surface area contributed by atoms with E-state index >= 15 is 0 Å². The van der Waals surface area contributed by atoms with Crippen LogP contribution in [-0.2, 0) is 13.5 Å². The van der Waals surface area contributed by atoms with Crippen LogP contribution in [0.2, 0.25) is 0 Å². The fourth-order valence-electron chi connectivity index (χ4n) is 3.42. The molecule has 0 radical (unpaired) electrons. The molecule has 0 spiro atoms. The predicted molar refractivity (Wildman–Crippen MR) is 104 cm³/mol. The maximum atomic E-state index is 2.36. The molecule has 0 fully saturated rings. The Bertz CT molecular complexity index is 904. The highest BCUT2D eigenvalue weighted by Gasteiger charge is 2.20. The Morgan fingerprint density at radius 1 is 0.958 bits per heavy atom. The van der Waals surface area contributed by atoms with Crippen molar-refractivity contribution in [3.8, 4) is 11.3 Å². The predicted octanol–water partition coefficient (Wildman–Crippen LogP) is 5.63. The topological polar surface area (TPSA) is 3.88 Å². The number of fused-ring (bicyclic) bond motifs is 1. The van der Waals surface area contributed by atoms with Gasteiger partial charge in [0, 0.05) is 18.6 Å². The second-order valence-electron chi connectivity index (χ2n) is 7.20. The van der Waals surface area contributed by atoms with Gasteiger partial charge in [0.05, 0.1) is 5.39 Å². The number of aryl methyl sites for hydroxylation is 3. The first-order valence-electron chi connectivity index (χ1n) is 8.95. The Morgan fingerprint density at radius 2 is 1.71 bits per heavy atom. The first kappa shape index (κ1) is 16.7. The molecule has 1 nitrogen and oxygen atoms in total. The van der Waals surface area contributed by atoms with Gasteiger partial charge < -0.3 is 0 Å². The standard InChI is InChI=1S/C23H28N/c1-7-18-9-8-16(4)22(13-18)23-21-11-10-19(15(2)3)14-20(21)12-17(5)24(23)6/h8-15H,7H2,1-6H3/q+1. The van der Waals surface area contributed by atoms with Gasteiger partial charge in [-0.15, -0.1) is 0 Å². The van der Waals surface area contributed by atoms with Crippen molar-refractivity contribution in [2.45, 2.75) is 47.0 Å². The molecule has 0 saturated heterocycles. The molecule has 0 aliphatic heterocycles. The maximum Gasteiger partial charge on any atom is 0.220 e. The lowest BCUT2D eigenvalue weighted by atomic mass is 9.94. The van der Waals surface area contributed by atoms with Gasteiger partial charge in [-0.1, -0.05) is 45.0 Å². The number of pyridine rings is 1. The lowest BCUT2D eigenvalue weighted by molar-refractivity contribution is -0.665. The van der Waals surface area contributed by atoms with E-state index < -0.39 is 0 Å². The molecule has 124 valence electrons. The smallest absolute Gasteiger partial charge is 0.198 e. The van der Waals surface area contributed by atoms with Gasteiger partial charge in [-0.2, -0.15) is 4.57 Å². The zero-order valence-corrected chi connectivity index (χ0v) is 15.8. The van der Waals surface area contributed by atoms with E-state index in [-0.39, 0.29) is 0 Å². The molecule has 0 amide bonds. The lowest BCUT2D eigenvalue weighted by Crippen LogP contribution is -2.35. The van der Waals surface area contributed by atoms with E-state index in [0.29, 0.717) is 5.92 Å². The first-order valence-corrected chi connectivity index (χ1v) is 8.95. The van der Waals surface area contributed by atoms with E-state index in [0.717, 1.165) is 6.42 Å². The van der Waals surface area contributed by atoms with Crippen LogP contribution in [0.1, 0.15) is 49.1 Å². The van der Waals surface area contributed by atoms with Gasteiger partial charge in [-0.3, -0.25) is 0 Å². The third kappa shape index (κ3) is 2.84. The maximum absolute atomic E-state index is 2.36. The summed E-state index contributed by atoms with van der Waals surface area (Å²) in [5, 5.41) is 2.68. The molecule has 0 aliphatic carbocycles. The molecule has 0 atom stereocenters. The van der Waals surface area contributed by atoms with Crippen LogP contribution in [-0.4, -0.2) is 0 Å². The molecule has 24 heavy (non-hydrogen) atoms.